The lowest BCUT2D eigenvalue weighted by Crippen LogP contribution is -2.55. The minimum Gasteiger partial charge on any atom is -0.465 e. The average Bonchev–Trinajstić information content (AvgIpc) is 2.92. The number of amidine groups is 1. The van der Waals surface area contributed by atoms with Gasteiger partial charge in [-0.15, -0.1) is 0 Å². The minimum atomic E-state index is -2.06. The first-order chi connectivity index (χ1) is 11.9. The highest BCUT2D eigenvalue weighted by Crippen LogP contribution is 2.40. The molecule has 5 atom stereocenters. The van der Waals surface area contributed by atoms with Crippen LogP contribution in [-0.2, 0) is 9.16 Å². The standard InChI is InChI=1S/C16H29FN2O5SSi/c1-7-19(15(21)22)14-18-11-10(17)12(20)9(24-13(11)25-14)8-23-26(5,6)16(2,3)4/h9-13,20H,7-8H2,1-6H3,(H,21,22)/t9-,10+,11-,12-,13-/m1/s1. The molecule has 2 aliphatic rings. The van der Waals surface area contributed by atoms with Gasteiger partial charge in [-0.3, -0.25) is 9.89 Å². The van der Waals surface area contributed by atoms with Crippen molar-refractivity contribution in [3.63, 3.8) is 0 Å². The van der Waals surface area contributed by atoms with E-state index < -0.39 is 44.3 Å². The second-order valence-corrected chi connectivity index (χ2v) is 14.0. The first kappa shape index (κ1) is 21.6. The van der Waals surface area contributed by atoms with Crippen LogP contribution >= 0.6 is 11.8 Å². The van der Waals surface area contributed by atoms with Crippen molar-refractivity contribution in [2.45, 2.75) is 75.7 Å². The van der Waals surface area contributed by atoms with Crippen LogP contribution in [-0.4, -0.2) is 77.7 Å². The Hall–Kier alpha value is -0.683. The molecule has 0 saturated carbocycles. The van der Waals surface area contributed by atoms with Gasteiger partial charge in [-0.1, -0.05) is 32.5 Å². The van der Waals surface area contributed by atoms with Crippen molar-refractivity contribution in [2.75, 3.05) is 13.2 Å². The lowest BCUT2D eigenvalue weighted by atomic mass is 10.0. The van der Waals surface area contributed by atoms with Crippen LogP contribution in [0.1, 0.15) is 27.7 Å². The lowest BCUT2D eigenvalue weighted by molar-refractivity contribution is -0.143. The predicted octanol–water partition coefficient (Wildman–Crippen LogP) is 2.90. The van der Waals surface area contributed by atoms with E-state index in [-0.39, 0.29) is 23.4 Å². The maximum atomic E-state index is 14.7. The van der Waals surface area contributed by atoms with Gasteiger partial charge in [0.2, 0.25) is 0 Å². The number of ether oxygens (including phenoxy) is 1. The zero-order chi connectivity index (χ0) is 19.9. The molecule has 2 aliphatic heterocycles. The topological polar surface area (TPSA) is 91.6 Å². The van der Waals surface area contributed by atoms with Crippen LogP contribution in [0.25, 0.3) is 0 Å². The van der Waals surface area contributed by atoms with Crippen molar-refractivity contribution in [3.05, 3.63) is 0 Å². The Balaban J connectivity index is 2.07. The third kappa shape index (κ3) is 4.24. The zero-order valence-corrected chi connectivity index (χ0v) is 17.9. The van der Waals surface area contributed by atoms with Crippen molar-refractivity contribution < 1.29 is 28.6 Å². The number of halogens is 1. The van der Waals surface area contributed by atoms with Crippen molar-refractivity contribution >= 4 is 31.3 Å². The van der Waals surface area contributed by atoms with Gasteiger partial charge in [0.1, 0.15) is 23.7 Å². The maximum Gasteiger partial charge on any atom is 0.413 e. The molecule has 2 heterocycles. The Morgan fingerprint density at radius 3 is 2.58 bits per heavy atom. The summed E-state index contributed by atoms with van der Waals surface area (Å²) in [6.45, 7) is 12.4. The number of hydrogen-bond donors (Lipinski definition) is 2. The Kier molecular flexibility index (Phi) is 6.44. The molecule has 0 aromatic heterocycles. The fourth-order valence-corrected chi connectivity index (χ4v) is 4.80. The summed E-state index contributed by atoms with van der Waals surface area (Å²) >= 11 is 1.08. The molecule has 2 rings (SSSR count). The average molecular weight is 409 g/mol. The van der Waals surface area contributed by atoms with Crippen molar-refractivity contribution in [2.24, 2.45) is 4.99 Å². The van der Waals surface area contributed by atoms with E-state index in [1.165, 1.54) is 0 Å². The van der Waals surface area contributed by atoms with E-state index in [1.54, 1.807) is 6.92 Å². The normalized spacial score (nSPS) is 32.2. The van der Waals surface area contributed by atoms with Gasteiger partial charge in [0.15, 0.2) is 19.7 Å². The molecule has 10 heteroatoms. The van der Waals surface area contributed by atoms with E-state index in [0.717, 1.165) is 16.7 Å². The van der Waals surface area contributed by atoms with Gasteiger partial charge in [0.05, 0.1) is 6.61 Å². The summed E-state index contributed by atoms with van der Waals surface area (Å²) in [6, 6.07) is -0.914. The van der Waals surface area contributed by atoms with Gasteiger partial charge in [0, 0.05) is 6.54 Å². The number of aliphatic hydroxyl groups is 1. The molecule has 1 saturated heterocycles. The lowest BCUT2D eigenvalue weighted by Gasteiger charge is -2.41. The SMILES string of the molecule is CCN(C(=O)O)C1=N[C@@H]2[C@H](F)[C@H](O)[C@@H](CO[Si](C)(C)C(C)(C)C)O[C@@H]2S1. The largest absolute Gasteiger partial charge is 0.465 e. The number of rotatable bonds is 4. The molecule has 1 amide bonds. The smallest absolute Gasteiger partial charge is 0.413 e. The number of carbonyl (C=O) groups is 1. The molecule has 0 aromatic carbocycles. The van der Waals surface area contributed by atoms with Crippen LogP contribution in [0.3, 0.4) is 0 Å². The number of fused-ring (bicyclic) bond motifs is 1. The number of amides is 1. The molecular formula is C16H29FN2O5SSi. The quantitative estimate of drug-likeness (QED) is 0.695. The van der Waals surface area contributed by atoms with Gasteiger partial charge in [-0.2, -0.15) is 0 Å². The molecule has 150 valence electrons. The fourth-order valence-electron chi connectivity index (χ4n) is 2.51. The summed E-state index contributed by atoms with van der Waals surface area (Å²) in [6.07, 6.45) is -4.93. The number of aliphatic imine (C=N–C) groups is 1. The Labute approximate surface area is 159 Å². The molecule has 0 unspecified atom stereocenters. The summed E-state index contributed by atoms with van der Waals surface area (Å²) in [5.74, 6) is 0. The Morgan fingerprint density at radius 2 is 2.08 bits per heavy atom. The number of aliphatic hydroxyl groups excluding tert-OH is 1. The predicted molar refractivity (Wildman–Crippen MR) is 102 cm³/mol. The molecule has 0 aromatic rings. The number of carboxylic acid groups (broad SMARTS) is 1. The molecule has 26 heavy (non-hydrogen) atoms. The Morgan fingerprint density at radius 1 is 1.46 bits per heavy atom. The number of hydrogen-bond acceptors (Lipinski definition) is 6. The summed E-state index contributed by atoms with van der Waals surface area (Å²) in [5, 5.41) is 19.7. The highest BCUT2D eigenvalue weighted by atomic mass is 32.2. The van der Waals surface area contributed by atoms with Crippen LogP contribution in [0.2, 0.25) is 18.1 Å². The highest BCUT2D eigenvalue weighted by molar-refractivity contribution is 8.14. The Bertz CT molecular complexity index is 571. The monoisotopic (exact) mass is 408 g/mol. The van der Waals surface area contributed by atoms with Crippen molar-refractivity contribution in [1.29, 1.82) is 0 Å². The number of nitrogens with zero attached hydrogens (tertiary/aromatic N) is 2. The van der Waals surface area contributed by atoms with Gasteiger partial charge >= 0.3 is 6.09 Å². The maximum absolute atomic E-state index is 14.7. The first-order valence-corrected chi connectivity index (χ1v) is 12.5. The third-order valence-corrected chi connectivity index (χ3v) is 11.0. The molecule has 0 spiro atoms. The fraction of sp³-hybridized carbons (Fsp3) is 0.875. The van der Waals surface area contributed by atoms with Crippen LogP contribution in [0.5, 0.6) is 0 Å². The first-order valence-electron chi connectivity index (χ1n) is 8.75. The van der Waals surface area contributed by atoms with E-state index in [9.17, 15) is 19.4 Å². The molecule has 0 bridgehead atoms. The van der Waals surface area contributed by atoms with Crippen LogP contribution in [0.15, 0.2) is 4.99 Å². The summed E-state index contributed by atoms with van der Waals surface area (Å²) in [7, 11) is -2.06. The van der Waals surface area contributed by atoms with E-state index in [4.69, 9.17) is 9.16 Å². The third-order valence-electron chi connectivity index (χ3n) is 5.29. The zero-order valence-electron chi connectivity index (χ0n) is 16.1. The van der Waals surface area contributed by atoms with Crippen molar-refractivity contribution in [1.82, 2.24) is 4.90 Å². The van der Waals surface area contributed by atoms with E-state index >= 15 is 0 Å². The minimum absolute atomic E-state index is 0.00816. The van der Waals surface area contributed by atoms with E-state index in [1.807, 2.05) is 0 Å². The molecule has 0 radical (unpaired) electrons. The van der Waals surface area contributed by atoms with Crippen LogP contribution < -0.4 is 0 Å². The molecule has 1 fully saturated rings. The molecule has 7 nitrogen and oxygen atoms in total. The summed E-state index contributed by atoms with van der Waals surface area (Å²) in [5.41, 5.74) is -0.662. The summed E-state index contributed by atoms with van der Waals surface area (Å²) in [4.78, 5) is 16.5. The summed E-state index contributed by atoms with van der Waals surface area (Å²) < 4.78 is 26.6. The molecule has 0 aliphatic carbocycles. The molecular weight excluding hydrogens is 379 g/mol. The van der Waals surface area contributed by atoms with Gasteiger partial charge in [0.25, 0.3) is 0 Å². The van der Waals surface area contributed by atoms with Crippen LogP contribution in [0, 0.1) is 0 Å². The van der Waals surface area contributed by atoms with E-state index in [2.05, 4.69) is 38.9 Å². The highest BCUT2D eigenvalue weighted by Gasteiger charge is 2.51. The second-order valence-electron chi connectivity index (χ2n) is 8.10. The van der Waals surface area contributed by atoms with Crippen molar-refractivity contribution in [3.8, 4) is 0 Å². The number of alkyl halides is 1. The van der Waals surface area contributed by atoms with E-state index in [0.29, 0.717) is 0 Å². The second kappa shape index (κ2) is 7.74. The van der Waals surface area contributed by atoms with Gasteiger partial charge < -0.3 is 19.4 Å². The van der Waals surface area contributed by atoms with Gasteiger partial charge in [-0.25, -0.2) is 9.18 Å². The molecule has 2 N–H and O–H groups in total. The number of thioether (sulfide) groups is 1. The van der Waals surface area contributed by atoms with Gasteiger partial charge in [-0.05, 0) is 25.1 Å². The van der Waals surface area contributed by atoms with Crippen LogP contribution in [0.4, 0.5) is 9.18 Å².